The van der Waals surface area contributed by atoms with Crippen molar-refractivity contribution in [2.75, 3.05) is 12.4 Å². The van der Waals surface area contributed by atoms with Crippen molar-refractivity contribution in [3.63, 3.8) is 0 Å². The Bertz CT molecular complexity index is 1310. The van der Waals surface area contributed by atoms with Crippen molar-refractivity contribution in [3.05, 3.63) is 104 Å². The van der Waals surface area contributed by atoms with Crippen molar-refractivity contribution in [3.8, 4) is 5.75 Å². The average molecular weight is 508 g/mol. The molecule has 0 aliphatic heterocycles. The van der Waals surface area contributed by atoms with Gasteiger partial charge in [-0.05, 0) is 65.1 Å². The predicted octanol–water partition coefficient (Wildman–Crippen LogP) is 5.96. The van der Waals surface area contributed by atoms with Crippen LogP contribution in [0.5, 0.6) is 5.75 Å². The lowest BCUT2D eigenvalue weighted by molar-refractivity contribution is -0.384. The van der Waals surface area contributed by atoms with Crippen molar-refractivity contribution in [1.29, 1.82) is 0 Å². The summed E-state index contributed by atoms with van der Waals surface area (Å²) in [5.41, 5.74) is 1.98. The number of benzene rings is 3. The first-order valence-electron chi connectivity index (χ1n) is 11.0. The normalized spacial score (nSPS) is 11.5. The summed E-state index contributed by atoms with van der Waals surface area (Å²) < 4.78 is 5.28. The molecule has 9 heteroatoms. The molecule has 0 spiro atoms. The lowest BCUT2D eigenvalue weighted by atomic mass is 9.87. The molecule has 2 amide bonds. The van der Waals surface area contributed by atoms with E-state index in [1.165, 1.54) is 43.5 Å². The number of rotatable bonds is 7. The van der Waals surface area contributed by atoms with E-state index in [-0.39, 0.29) is 16.8 Å². The minimum atomic E-state index is -0.631. The van der Waals surface area contributed by atoms with Gasteiger partial charge in [-0.3, -0.25) is 19.7 Å². The molecule has 0 aliphatic rings. The highest BCUT2D eigenvalue weighted by molar-refractivity contribution is 6.31. The van der Waals surface area contributed by atoms with Crippen LogP contribution in [0.3, 0.4) is 0 Å². The molecule has 0 heterocycles. The van der Waals surface area contributed by atoms with Crippen LogP contribution in [0.15, 0.2) is 72.4 Å². The number of hydrogen-bond donors (Lipinski definition) is 2. The Balaban J connectivity index is 1.93. The minimum Gasteiger partial charge on any atom is -0.495 e. The first kappa shape index (κ1) is 26.4. The van der Waals surface area contributed by atoms with E-state index in [9.17, 15) is 19.7 Å². The molecule has 0 bridgehead atoms. The second kappa shape index (κ2) is 11.0. The maximum Gasteiger partial charge on any atom is 0.272 e. The zero-order valence-electron chi connectivity index (χ0n) is 20.3. The quantitative estimate of drug-likeness (QED) is 0.233. The summed E-state index contributed by atoms with van der Waals surface area (Å²) in [5, 5.41) is 16.7. The highest BCUT2D eigenvalue weighted by atomic mass is 35.5. The zero-order chi connectivity index (χ0) is 26.5. The third-order valence-electron chi connectivity index (χ3n) is 5.33. The number of nitrogens with zero attached hydrogens (tertiary/aromatic N) is 1. The van der Waals surface area contributed by atoms with Gasteiger partial charge in [0, 0.05) is 22.7 Å². The molecule has 186 valence electrons. The lowest BCUT2D eigenvalue weighted by Gasteiger charge is -2.19. The number of non-ortho nitro benzene ring substituents is 1. The molecule has 0 saturated heterocycles. The monoisotopic (exact) mass is 507 g/mol. The SMILES string of the molecule is COc1ccc(Cl)cc1NC(=O)C(=Cc1ccc([N+](=O)[O-])cc1)NC(=O)c1ccc(C(C)(C)C)cc1. The number of amides is 2. The van der Waals surface area contributed by atoms with Crippen LogP contribution in [-0.2, 0) is 10.2 Å². The van der Waals surface area contributed by atoms with E-state index in [0.29, 0.717) is 27.6 Å². The summed E-state index contributed by atoms with van der Waals surface area (Å²) in [4.78, 5) is 36.7. The summed E-state index contributed by atoms with van der Waals surface area (Å²) in [6.45, 7) is 6.21. The molecular weight excluding hydrogens is 482 g/mol. The fraction of sp³-hybridized carbons (Fsp3) is 0.185. The molecule has 0 aromatic heterocycles. The molecular formula is C27H26ClN3O5. The standard InChI is InChI=1S/C27H26ClN3O5/c1-27(2,3)19-9-7-18(8-10-19)25(32)30-23(15-17-5-12-21(13-6-17)31(34)35)26(33)29-22-16-20(28)11-14-24(22)36-4/h5-16H,1-4H3,(H,29,33)(H,30,32). The number of anilines is 1. The van der Waals surface area contributed by atoms with E-state index in [4.69, 9.17) is 16.3 Å². The Morgan fingerprint density at radius 2 is 1.64 bits per heavy atom. The molecule has 8 nitrogen and oxygen atoms in total. The van der Waals surface area contributed by atoms with Crippen LogP contribution in [0, 0.1) is 10.1 Å². The molecule has 3 aromatic rings. The molecule has 3 aromatic carbocycles. The van der Waals surface area contributed by atoms with Crippen molar-refractivity contribution < 1.29 is 19.2 Å². The lowest BCUT2D eigenvalue weighted by Crippen LogP contribution is -2.31. The van der Waals surface area contributed by atoms with Crippen LogP contribution in [0.25, 0.3) is 6.08 Å². The largest absolute Gasteiger partial charge is 0.495 e. The van der Waals surface area contributed by atoms with Crippen molar-refractivity contribution in [2.45, 2.75) is 26.2 Å². The maximum atomic E-state index is 13.2. The van der Waals surface area contributed by atoms with Crippen LogP contribution in [0.1, 0.15) is 42.3 Å². The Labute approximate surface area is 214 Å². The van der Waals surface area contributed by atoms with Gasteiger partial charge in [-0.15, -0.1) is 0 Å². The van der Waals surface area contributed by atoms with Gasteiger partial charge < -0.3 is 15.4 Å². The van der Waals surface area contributed by atoms with Gasteiger partial charge in [-0.1, -0.05) is 44.5 Å². The fourth-order valence-electron chi connectivity index (χ4n) is 3.30. The molecule has 2 N–H and O–H groups in total. The number of halogens is 1. The van der Waals surface area contributed by atoms with Crippen LogP contribution < -0.4 is 15.4 Å². The Hall–Kier alpha value is -4.17. The average Bonchev–Trinajstić information content (AvgIpc) is 2.83. The predicted molar refractivity (Wildman–Crippen MR) is 140 cm³/mol. The van der Waals surface area contributed by atoms with E-state index in [2.05, 4.69) is 31.4 Å². The van der Waals surface area contributed by atoms with Crippen LogP contribution >= 0.6 is 11.6 Å². The molecule has 0 radical (unpaired) electrons. The van der Waals surface area contributed by atoms with Gasteiger partial charge in [0.05, 0.1) is 17.7 Å². The minimum absolute atomic E-state index is 0.0734. The van der Waals surface area contributed by atoms with E-state index in [0.717, 1.165) is 5.56 Å². The molecule has 0 saturated carbocycles. The second-order valence-corrected chi connectivity index (χ2v) is 9.42. The van der Waals surface area contributed by atoms with Crippen molar-refractivity contribution in [2.24, 2.45) is 0 Å². The van der Waals surface area contributed by atoms with Gasteiger partial charge in [-0.25, -0.2) is 0 Å². The molecule has 0 atom stereocenters. The van der Waals surface area contributed by atoms with E-state index < -0.39 is 16.7 Å². The summed E-state index contributed by atoms with van der Waals surface area (Å²) in [5.74, 6) is -0.739. The van der Waals surface area contributed by atoms with Gasteiger partial charge in [0.15, 0.2) is 0 Å². The van der Waals surface area contributed by atoms with Crippen LogP contribution in [-0.4, -0.2) is 23.8 Å². The number of nitro groups is 1. The summed E-state index contributed by atoms with van der Waals surface area (Å²) in [6.07, 6.45) is 1.43. The summed E-state index contributed by atoms with van der Waals surface area (Å²) in [7, 11) is 1.45. The number of carbonyl (C=O) groups is 2. The Kier molecular flexibility index (Phi) is 8.11. The van der Waals surface area contributed by atoms with Gasteiger partial charge in [0.1, 0.15) is 11.4 Å². The fourth-order valence-corrected chi connectivity index (χ4v) is 3.47. The molecule has 0 unspecified atom stereocenters. The van der Waals surface area contributed by atoms with Gasteiger partial charge in [0.2, 0.25) is 0 Å². The van der Waals surface area contributed by atoms with Crippen LogP contribution in [0.2, 0.25) is 5.02 Å². The molecule has 0 fully saturated rings. The molecule has 3 rings (SSSR count). The van der Waals surface area contributed by atoms with Gasteiger partial charge in [-0.2, -0.15) is 0 Å². The second-order valence-electron chi connectivity index (χ2n) is 8.99. The Morgan fingerprint density at radius 3 is 2.19 bits per heavy atom. The van der Waals surface area contributed by atoms with Crippen molar-refractivity contribution in [1.82, 2.24) is 5.32 Å². The van der Waals surface area contributed by atoms with Crippen molar-refractivity contribution >= 4 is 40.9 Å². The van der Waals surface area contributed by atoms with Crippen LogP contribution in [0.4, 0.5) is 11.4 Å². The third-order valence-corrected chi connectivity index (χ3v) is 5.57. The number of carbonyl (C=O) groups excluding carboxylic acids is 2. The maximum absolute atomic E-state index is 13.2. The van der Waals surface area contributed by atoms with Gasteiger partial charge >= 0.3 is 0 Å². The third kappa shape index (κ3) is 6.70. The first-order chi connectivity index (χ1) is 17.0. The number of methoxy groups -OCH3 is 1. The topological polar surface area (TPSA) is 111 Å². The molecule has 0 aliphatic carbocycles. The number of nitrogens with one attached hydrogen (secondary N) is 2. The summed E-state index contributed by atoms with van der Waals surface area (Å²) in [6, 6.07) is 17.5. The molecule has 36 heavy (non-hydrogen) atoms. The van der Waals surface area contributed by atoms with E-state index >= 15 is 0 Å². The smallest absolute Gasteiger partial charge is 0.272 e. The number of hydrogen-bond acceptors (Lipinski definition) is 5. The highest BCUT2D eigenvalue weighted by Gasteiger charge is 2.19. The Morgan fingerprint density at radius 1 is 1.00 bits per heavy atom. The van der Waals surface area contributed by atoms with E-state index in [1.807, 2.05) is 12.1 Å². The first-order valence-corrected chi connectivity index (χ1v) is 11.4. The number of ether oxygens (including phenoxy) is 1. The zero-order valence-corrected chi connectivity index (χ0v) is 21.1. The van der Waals surface area contributed by atoms with Gasteiger partial charge in [0.25, 0.3) is 17.5 Å². The number of nitro benzene ring substituents is 1. The highest BCUT2D eigenvalue weighted by Crippen LogP contribution is 2.28. The summed E-state index contributed by atoms with van der Waals surface area (Å²) >= 11 is 6.07. The van der Waals surface area contributed by atoms with E-state index in [1.54, 1.807) is 24.3 Å².